The highest BCUT2D eigenvalue weighted by Crippen LogP contribution is 2.32. The highest BCUT2D eigenvalue weighted by atomic mass is 16.4. The van der Waals surface area contributed by atoms with Gasteiger partial charge in [0.1, 0.15) is 0 Å². The summed E-state index contributed by atoms with van der Waals surface area (Å²) in [5.74, 6) is -0.879. The van der Waals surface area contributed by atoms with Gasteiger partial charge in [-0.15, -0.1) is 0 Å². The molecule has 0 spiro atoms. The number of azide groups is 2. The molecule has 1 saturated carbocycles. The van der Waals surface area contributed by atoms with Gasteiger partial charge >= 0.3 is 5.97 Å². The lowest BCUT2D eigenvalue weighted by Gasteiger charge is -2.30. The first kappa shape index (κ1) is 19.8. The number of carbonyl (C=O) groups is 1. The maximum absolute atomic E-state index is 11.5. The van der Waals surface area contributed by atoms with Gasteiger partial charge in [-0.05, 0) is 47.5 Å². The third kappa shape index (κ3) is 5.50. The molecule has 142 valence electrons. The van der Waals surface area contributed by atoms with Crippen molar-refractivity contribution < 1.29 is 9.90 Å². The molecule has 1 aliphatic carbocycles. The topological polar surface area (TPSA) is 195 Å². The number of carboxylic acid groups (broad SMARTS) is 1. The summed E-state index contributed by atoms with van der Waals surface area (Å²) in [6, 6.07) is 3.07. The Kier molecular flexibility index (Phi) is 7.24. The van der Waals surface area contributed by atoms with Crippen LogP contribution in [0, 0.1) is 11.4 Å². The minimum atomic E-state index is -1.16. The Morgan fingerprint density at radius 1 is 1.26 bits per heavy atom. The first-order valence-electron chi connectivity index (χ1n) is 8.40. The summed E-state index contributed by atoms with van der Waals surface area (Å²) in [6.45, 7) is 0.344. The van der Waals surface area contributed by atoms with E-state index in [1.165, 1.54) is 6.07 Å². The Labute approximate surface area is 154 Å². The van der Waals surface area contributed by atoms with Crippen molar-refractivity contribution in [3.05, 3.63) is 44.1 Å². The number of nitrogens with one attached hydrogen (secondary N) is 3. The van der Waals surface area contributed by atoms with Crippen molar-refractivity contribution in [2.75, 3.05) is 17.3 Å². The summed E-state index contributed by atoms with van der Waals surface area (Å²) in [5.41, 5.74) is 27.8. The van der Waals surface area contributed by atoms with E-state index in [-0.39, 0.29) is 24.1 Å². The summed E-state index contributed by atoms with van der Waals surface area (Å²) in [4.78, 5) is 17.0. The molecule has 0 amide bonds. The van der Waals surface area contributed by atoms with Crippen molar-refractivity contribution in [2.24, 2.45) is 21.4 Å². The Hall–Kier alpha value is -3.49. The van der Waals surface area contributed by atoms with Crippen LogP contribution < -0.4 is 10.7 Å². The van der Waals surface area contributed by atoms with E-state index in [1.807, 2.05) is 0 Å². The fourth-order valence-electron chi connectivity index (χ4n) is 3.31. The maximum atomic E-state index is 11.5. The van der Waals surface area contributed by atoms with Crippen molar-refractivity contribution in [3.8, 4) is 0 Å². The Bertz CT molecular complexity index is 798. The van der Waals surface area contributed by atoms with Gasteiger partial charge in [-0.25, -0.2) is 4.79 Å². The minimum absolute atomic E-state index is 0.0241. The third-order valence-electron chi connectivity index (χ3n) is 4.50. The van der Waals surface area contributed by atoms with Crippen LogP contribution in [0.15, 0.2) is 27.6 Å². The number of rotatable bonds is 9. The molecule has 1 aromatic rings. The lowest BCUT2D eigenvalue weighted by molar-refractivity contribution is 0.0696. The average Bonchev–Trinajstić information content (AvgIpc) is 2.66. The zero-order valence-corrected chi connectivity index (χ0v) is 14.5. The van der Waals surface area contributed by atoms with E-state index < -0.39 is 5.97 Å². The molecule has 12 heteroatoms. The number of hydrogen-bond donors (Lipinski definition) is 4. The zero-order chi connectivity index (χ0) is 19.6. The van der Waals surface area contributed by atoms with Gasteiger partial charge in [-0.3, -0.25) is 5.43 Å². The minimum Gasteiger partial charge on any atom is -0.478 e. The van der Waals surface area contributed by atoms with E-state index in [4.69, 9.17) is 16.6 Å². The summed E-state index contributed by atoms with van der Waals surface area (Å²) in [7, 11) is 0. The summed E-state index contributed by atoms with van der Waals surface area (Å²) >= 11 is 0. The molecule has 0 heterocycles. The first-order chi connectivity index (χ1) is 13.1. The van der Waals surface area contributed by atoms with Gasteiger partial charge < -0.3 is 10.4 Å². The van der Waals surface area contributed by atoms with E-state index in [1.54, 1.807) is 6.07 Å². The number of carboxylic acids is 1. The van der Waals surface area contributed by atoms with Crippen LogP contribution in [0.1, 0.15) is 41.6 Å². The van der Waals surface area contributed by atoms with Crippen LogP contribution in [-0.2, 0) is 6.54 Å². The Morgan fingerprint density at radius 2 is 2.04 bits per heavy atom. The number of benzene rings is 1. The van der Waals surface area contributed by atoms with Crippen LogP contribution in [-0.4, -0.2) is 23.7 Å². The number of anilines is 2. The molecule has 2 rings (SSSR count). The van der Waals surface area contributed by atoms with Crippen molar-refractivity contribution in [1.82, 2.24) is 0 Å². The second kappa shape index (κ2) is 9.85. The molecule has 0 aromatic heterocycles. The smallest absolute Gasteiger partial charge is 0.336 e. The second-order valence-electron chi connectivity index (χ2n) is 6.26. The predicted molar refractivity (Wildman–Crippen MR) is 98.4 cm³/mol. The van der Waals surface area contributed by atoms with Crippen molar-refractivity contribution in [1.29, 1.82) is 5.53 Å². The third-order valence-corrected chi connectivity index (χ3v) is 4.50. The normalized spacial score (nSPS) is 18.5. The van der Waals surface area contributed by atoms with Crippen LogP contribution in [0.25, 0.3) is 20.9 Å². The van der Waals surface area contributed by atoms with Gasteiger partial charge in [0.2, 0.25) is 0 Å². The highest BCUT2D eigenvalue weighted by Gasteiger charge is 2.23. The maximum Gasteiger partial charge on any atom is 0.336 e. The standard InChI is InChI=1S/C15H20N10O2/c16-23-19-7-9-2-1-3-11(4-9)21-13-5-10(8-20-24-17)12(15(26)27)6-14(13)22-25-18/h5-6,9,11,21H,1-4,7-8H2,(H2,18,22)(H,26,27)/t9-,11+/m1/s1. The molecule has 0 radical (unpaired) electrons. The van der Waals surface area contributed by atoms with Crippen LogP contribution >= 0.6 is 0 Å². The quantitative estimate of drug-likeness (QED) is 0.208. The zero-order valence-electron chi connectivity index (χ0n) is 14.5. The number of aromatic carboxylic acids is 1. The number of hydrogen-bond acceptors (Lipinski definition) is 6. The van der Waals surface area contributed by atoms with E-state index in [9.17, 15) is 9.90 Å². The van der Waals surface area contributed by atoms with Gasteiger partial charge in [0, 0.05) is 22.4 Å². The van der Waals surface area contributed by atoms with Crippen molar-refractivity contribution in [3.63, 3.8) is 0 Å². The van der Waals surface area contributed by atoms with E-state index in [0.717, 1.165) is 25.7 Å². The van der Waals surface area contributed by atoms with Crippen molar-refractivity contribution in [2.45, 2.75) is 38.3 Å². The van der Waals surface area contributed by atoms with E-state index in [2.05, 4.69) is 36.0 Å². The van der Waals surface area contributed by atoms with Gasteiger partial charge in [-0.2, -0.15) is 5.53 Å². The molecule has 2 atom stereocenters. The predicted octanol–water partition coefficient (Wildman–Crippen LogP) is 4.83. The van der Waals surface area contributed by atoms with Gasteiger partial charge in [-0.1, -0.05) is 28.3 Å². The molecular weight excluding hydrogens is 352 g/mol. The van der Waals surface area contributed by atoms with E-state index >= 15 is 0 Å². The molecule has 1 aromatic carbocycles. The fourth-order valence-corrected chi connectivity index (χ4v) is 3.31. The molecular formula is C15H20N10O2. The van der Waals surface area contributed by atoms with Gasteiger partial charge in [0.25, 0.3) is 0 Å². The molecule has 27 heavy (non-hydrogen) atoms. The molecule has 12 nitrogen and oxygen atoms in total. The molecule has 1 aliphatic rings. The van der Waals surface area contributed by atoms with Crippen LogP contribution in [0.3, 0.4) is 0 Å². The van der Waals surface area contributed by atoms with Crippen LogP contribution in [0.5, 0.6) is 0 Å². The summed E-state index contributed by atoms with van der Waals surface area (Å²) in [6.07, 6.45) is 3.69. The summed E-state index contributed by atoms with van der Waals surface area (Å²) in [5, 5.41) is 23.0. The van der Waals surface area contributed by atoms with Gasteiger partial charge in [0.05, 0.1) is 23.5 Å². The van der Waals surface area contributed by atoms with E-state index in [0.29, 0.717) is 23.5 Å². The lowest BCUT2D eigenvalue weighted by Crippen LogP contribution is -2.28. The largest absolute Gasteiger partial charge is 0.478 e. The molecule has 1 fully saturated rings. The Morgan fingerprint density at radius 3 is 2.70 bits per heavy atom. The SMILES string of the molecule is [N-]=[N+]=NCc1cc(N[C@H]2CCC[C@@H](CN=[N+]=[N-])C2)c(NN=N)cc1C(=O)O. The molecule has 0 unspecified atom stereocenters. The second-order valence-corrected chi connectivity index (χ2v) is 6.26. The van der Waals surface area contributed by atoms with Crippen LogP contribution in [0.4, 0.5) is 11.4 Å². The summed E-state index contributed by atoms with van der Waals surface area (Å²) < 4.78 is 0. The fraction of sp³-hybridized carbons (Fsp3) is 0.533. The first-order valence-corrected chi connectivity index (χ1v) is 8.40. The molecule has 4 N–H and O–H groups in total. The van der Waals surface area contributed by atoms with Crippen molar-refractivity contribution >= 4 is 17.3 Å². The number of nitrogens with zero attached hydrogens (tertiary/aromatic N) is 7. The average molecular weight is 372 g/mol. The Balaban J connectivity index is 2.29. The molecule has 0 saturated heterocycles. The molecule has 0 aliphatic heterocycles. The molecule has 0 bridgehead atoms. The van der Waals surface area contributed by atoms with Gasteiger partial charge in [0.15, 0.2) is 0 Å². The van der Waals surface area contributed by atoms with Crippen LogP contribution in [0.2, 0.25) is 0 Å². The lowest BCUT2D eigenvalue weighted by atomic mass is 9.85. The monoisotopic (exact) mass is 372 g/mol. The highest BCUT2D eigenvalue weighted by molar-refractivity contribution is 5.92.